The molecule has 0 atom stereocenters. The molecule has 0 fully saturated rings. The second-order valence-corrected chi connectivity index (χ2v) is 6.32. The molecule has 0 unspecified atom stereocenters. The van der Waals surface area contributed by atoms with Gasteiger partial charge in [0, 0.05) is 19.8 Å². The van der Waals surface area contributed by atoms with E-state index in [9.17, 15) is 0 Å². The molecule has 0 aliphatic carbocycles. The summed E-state index contributed by atoms with van der Waals surface area (Å²) in [6.45, 7) is 13.9. The normalized spacial score (nSPS) is 10.2. The first-order valence-corrected chi connectivity index (χ1v) is 10.2. The monoisotopic (exact) mass is 336 g/mol. The van der Waals surface area contributed by atoms with E-state index in [-0.39, 0.29) is 15.9 Å². The number of unbranched alkanes of at least 4 members (excludes halogenated alkanes) is 2. The zero-order chi connectivity index (χ0) is 16.2. The van der Waals surface area contributed by atoms with Gasteiger partial charge in [0.05, 0.1) is 0 Å². The van der Waals surface area contributed by atoms with Crippen LogP contribution in [0.15, 0.2) is 0 Å². The summed E-state index contributed by atoms with van der Waals surface area (Å²) >= 11 is -0.189. The van der Waals surface area contributed by atoms with Gasteiger partial charge < -0.3 is 13.3 Å². The van der Waals surface area contributed by atoms with Crippen LogP contribution in [0.1, 0.15) is 60.3 Å². The van der Waals surface area contributed by atoms with Crippen LogP contribution in [0.25, 0.3) is 0 Å². The Balaban J connectivity index is 0. The minimum Gasteiger partial charge on any atom is -0.371 e. The Labute approximate surface area is 140 Å². The van der Waals surface area contributed by atoms with Crippen LogP contribution >= 0.6 is 0 Å². The zero-order valence-electron chi connectivity index (χ0n) is 14.5. The SMILES string of the molecule is CCCC[O][Al+][O]CCCC.CCO[Si](OCC)OCC. The van der Waals surface area contributed by atoms with Crippen molar-refractivity contribution in [2.75, 3.05) is 33.0 Å². The van der Waals surface area contributed by atoms with Crippen molar-refractivity contribution in [3.8, 4) is 0 Å². The zero-order valence-corrected chi connectivity index (χ0v) is 16.6. The van der Waals surface area contributed by atoms with Gasteiger partial charge in [-0.3, -0.25) is 0 Å². The summed E-state index contributed by atoms with van der Waals surface area (Å²) in [5.41, 5.74) is 0. The van der Waals surface area contributed by atoms with E-state index in [1.54, 1.807) is 0 Å². The van der Waals surface area contributed by atoms with Crippen molar-refractivity contribution in [3.05, 3.63) is 0 Å². The second kappa shape index (κ2) is 22.8. The largest absolute Gasteiger partial charge is 0.577 e. The molecular formula is C14H33AlO5Si+. The van der Waals surface area contributed by atoms with Crippen molar-refractivity contribution < 1.29 is 20.9 Å². The smallest absolute Gasteiger partial charge is 0.371 e. The first kappa shape index (κ1) is 23.8. The summed E-state index contributed by atoms with van der Waals surface area (Å²) in [7, 11) is -1.40. The molecule has 0 aromatic rings. The van der Waals surface area contributed by atoms with Crippen molar-refractivity contribution >= 4 is 25.4 Å². The standard InChI is InChI=1S/C6H15O3Si.2C4H9O.Al/c1-4-7-10(8-5-2)9-6-3;2*1-2-3-4-5;/h4-6H2,1-3H3;2*2-4H2,1H3;/q;2*-1;+3. The molecule has 21 heavy (non-hydrogen) atoms. The molecule has 0 amide bonds. The van der Waals surface area contributed by atoms with Crippen molar-refractivity contribution in [1.29, 1.82) is 0 Å². The molecule has 0 rings (SSSR count). The summed E-state index contributed by atoms with van der Waals surface area (Å²) in [5, 5.41) is 0. The quantitative estimate of drug-likeness (QED) is 0.360. The van der Waals surface area contributed by atoms with Crippen molar-refractivity contribution in [1.82, 2.24) is 0 Å². The van der Waals surface area contributed by atoms with Gasteiger partial charge in [-0.1, -0.05) is 0 Å². The van der Waals surface area contributed by atoms with Crippen molar-refractivity contribution in [3.63, 3.8) is 0 Å². The number of rotatable bonds is 14. The van der Waals surface area contributed by atoms with Crippen LogP contribution in [-0.2, 0) is 20.9 Å². The number of hydrogen-bond acceptors (Lipinski definition) is 5. The molecule has 7 heteroatoms. The first-order chi connectivity index (χ1) is 10.3. The van der Waals surface area contributed by atoms with Gasteiger partial charge in [0.1, 0.15) is 0 Å². The van der Waals surface area contributed by atoms with Crippen LogP contribution in [0, 0.1) is 0 Å². The van der Waals surface area contributed by atoms with Gasteiger partial charge in [0.15, 0.2) is 0 Å². The van der Waals surface area contributed by atoms with Crippen molar-refractivity contribution in [2.24, 2.45) is 0 Å². The van der Waals surface area contributed by atoms with Gasteiger partial charge in [0.25, 0.3) is 0 Å². The van der Waals surface area contributed by atoms with Gasteiger partial charge in [-0.2, -0.15) is 0 Å². The van der Waals surface area contributed by atoms with E-state index in [1.807, 2.05) is 20.8 Å². The maximum Gasteiger partial charge on any atom is 0.577 e. The predicted octanol–water partition coefficient (Wildman–Crippen LogP) is 3.23. The molecule has 0 N–H and O–H groups in total. The molecule has 0 saturated heterocycles. The topological polar surface area (TPSA) is 46.2 Å². The average Bonchev–Trinajstić information content (AvgIpc) is 2.48. The molecule has 0 aliphatic rings. The van der Waals surface area contributed by atoms with Crippen LogP contribution in [0.5, 0.6) is 0 Å². The molecule has 1 radical (unpaired) electrons. The molecular weight excluding hydrogens is 303 g/mol. The van der Waals surface area contributed by atoms with Crippen LogP contribution in [0.4, 0.5) is 0 Å². The third-order valence-corrected chi connectivity index (χ3v) is 4.47. The van der Waals surface area contributed by atoms with E-state index in [1.165, 1.54) is 12.8 Å². The summed E-state index contributed by atoms with van der Waals surface area (Å²) in [6.07, 6.45) is 4.72. The Kier molecular flexibility index (Phi) is 25.9. The van der Waals surface area contributed by atoms with Crippen molar-refractivity contribution in [2.45, 2.75) is 60.3 Å². The summed E-state index contributed by atoms with van der Waals surface area (Å²) < 4.78 is 26.1. The Morgan fingerprint density at radius 3 is 1.33 bits per heavy atom. The Morgan fingerprint density at radius 1 is 0.667 bits per heavy atom. The fourth-order valence-corrected chi connectivity index (χ4v) is 2.66. The fraction of sp³-hybridized carbons (Fsp3) is 1.00. The molecule has 125 valence electrons. The molecule has 5 nitrogen and oxygen atoms in total. The summed E-state index contributed by atoms with van der Waals surface area (Å²) in [5.74, 6) is 0. The van der Waals surface area contributed by atoms with Crippen LogP contribution < -0.4 is 0 Å². The third-order valence-electron chi connectivity index (χ3n) is 2.15. The van der Waals surface area contributed by atoms with E-state index in [2.05, 4.69) is 13.8 Å². The van der Waals surface area contributed by atoms with Gasteiger partial charge in [0.2, 0.25) is 0 Å². The molecule has 0 aromatic heterocycles. The first-order valence-electron chi connectivity index (χ1n) is 8.06. The van der Waals surface area contributed by atoms with Crippen LogP contribution in [0.3, 0.4) is 0 Å². The molecule has 0 aromatic carbocycles. The third kappa shape index (κ3) is 23.0. The molecule has 0 aliphatic heterocycles. The van der Waals surface area contributed by atoms with E-state index in [4.69, 9.17) is 20.9 Å². The van der Waals surface area contributed by atoms with Gasteiger partial charge in [-0.05, 0) is 20.8 Å². The Bertz CT molecular complexity index is 155. The second-order valence-electron chi connectivity index (χ2n) is 4.09. The van der Waals surface area contributed by atoms with Gasteiger partial charge in [-0.15, -0.1) is 0 Å². The van der Waals surface area contributed by atoms with Crippen LogP contribution in [-0.4, -0.2) is 58.4 Å². The molecule has 0 heterocycles. The van der Waals surface area contributed by atoms with E-state index in [0.717, 1.165) is 26.1 Å². The molecule has 0 saturated carbocycles. The van der Waals surface area contributed by atoms with Crippen LogP contribution in [0.2, 0.25) is 0 Å². The maximum atomic E-state index is 5.28. The van der Waals surface area contributed by atoms with E-state index >= 15 is 0 Å². The fourth-order valence-electron chi connectivity index (χ4n) is 1.08. The summed E-state index contributed by atoms with van der Waals surface area (Å²) in [6, 6.07) is 0. The summed E-state index contributed by atoms with van der Waals surface area (Å²) in [4.78, 5) is 0. The predicted molar refractivity (Wildman–Crippen MR) is 88.1 cm³/mol. The molecule has 0 spiro atoms. The van der Waals surface area contributed by atoms with Gasteiger partial charge >= 0.3 is 85.7 Å². The average molecular weight is 336 g/mol. The maximum absolute atomic E-state index is 5.28. The van der Waals surface area contributed by atoms with Gasteiger partial charge in [-0.25, -0.2) is 0 Å². The number of hydrogen-bond donors (Lipinski definition) is 0. The Morgan fingerprint density at radius 2 is 1.05 bits per heavy atom. The van der Waals surface area contributed by atoms with E-state index < -0.39 is 9.53 Å². The minimum absolute atomic E-state index is 0.189. The molecule has 0 bridgehead atoms. The Hall–Kier alpha value is 0.549. The van der Waals surface area contributed by atoms with E-state index in [0.29, 0.717) is 19.8 Å². The minimum atomic E-state index is -1.40.